The third kappa shape index (κ3) is 4.50. The van der Waals surface area contributed by atoms with E-state index in [9.17, 15) is 18.8 Å². The van der Waals surface area contributed by atoms with Gasteiger partial charge in [-0.25, -0.2) is 9.18 Å². The molecule has 0 aliphatic carbocycles. The van der Waals surface area contributed by atoms with E-state index in [1.165, 1.54) is 30.3 Å². The molecule has 0 fully saturated rings. The Morgan fingerprint density at radius 1 is 1.18 bits per heavy atom. The van der Waals surface area contributed by atoms with Crippen molar-refractivity contribution in [3.05, 3.63) is 70.5 Å². The van der Waals surface area contributed by atoms with Crippen LogP contribution in [0.4, 0.5) is 10.1 Å². The van der Waals surface area contributed by atoms with Gasteiger partial charge in [0.2, 0.25) is 11.8 Å². The molecule has 1 heterocycles. The maximum absolute atomic E-state index is 13.0. The van der Waals surface area contributed by atoms with E-state index >= 15 is 0 Å². The molecule has 0 radical (unpaired) electrons. The molecule has 28 heavy (non-hydrogen) atoms. The lowest BCUT2D eigenvalue weighted by molar-refractivity contribution is -0.117. The second-order valence-corrected chi connectivity index (χ2v) is 5.83. The van der Waals surface area contributed by atoms with Crippen molar-refractivity contribution >= 4 is 17.5 Å². The van der Waals surface area contributed by atoms with Crippen LogP contribution in [0.5, 0.6) is 0 Å². The zero-order valence-electron chi connectivity index (χ0n) is 14.9. The standard InChI is InChI=1S/C19H17FN4O4/c1-2-21-17(26)13-4-3-5-15(10-13)22-16(25)11-24-19(27)28-18(23-24)12-6-8-14(20)9-7-12/h3-10H,2,11H2,1H3,(H,21,26)(H,22,25). The Kier molecular flexibility index (Phi) is 5.64. The Hall–Kier alpha value is -3.75. The fourth-order valence-electron chi connectivity index (χ4n) is 2.45. The van der Waals surface area contributed by atoms with Gasteiger partial charge in [0, 0.05) is 23.4 Å². The minimum atomic E-state index is -0.814. The van der Waals surface area contributed by atoms with Crippen LogP contribution in [0.2, 0.25) is 0 Å². The lowest BCUT2D eigenvalue weighted by atomic mass is 10.2. The molecule has 2 N–H and O–H groups in total. The van der Waals surface area contributed by atoms with Crippen molar-refractivity contribution < 1.29 is 18.4 Å². The summed E-state index contributed by atoms with van der Waals surface area (Å²) in [4.78, 5) is 36.0. The van der Waals surface area contributed by atoms with Gasteiger partial charge in [-0.05, 0) is 49.4 Å². The zero-order valence-corrected chi connectivity index (χ0v) is 14.9. The highest BCUT2D eigenvalue weighted by molar-refractivity contribution is 5.97. The molecule has 0 saturated heterocycles. The number of nitrogens with one attached hydrogen (secondary N) is 2. The number of aromatic nitrogens is 2. The summed E-state index contributed by atoms with van der Waals surface area (Å²) in [6.07, 6.45) is 0. The van der Waals surface area contributed by atoms with Crippen molar-refractivity contribution in [3.63, 3.8) is 0 Å². The molecule has 0 spiro atoms. The number of carbonyl (C=O) groups is 2. The first-order valence-electron chi connectivity index (χ1n) is 8.48. The van der Waals surface area contributed by atoms with Crippen molar-refractivity contribution in [2.45, 2.75) is 13.5 Å². The van der Waals surface area contributed by atoms with E-state index < -0.39 is 17.5 Å². The topological polar surface area (TPSA) is 106 Å². The van der Waals surface area contributed by atoms with Crippen LogP contribution >= 0.6 is 0 Å². The third-order valence-electron chi connectivity index (χ3n) is 3.74. The summed E-state index contributed by atoms with van der Waals surface area (Å²) in [5.74, 6) is -2.04. The molecule has 1 aromatic heterocycles. The highest BCUT2D eigenvalue weighted by Crippen LogP contribution is 2.15. The van der Waals surface area contributed by atoms with Gasteiger partial charge in [0.15, 0.2) is 0 Å². The molecule has 3 rings (SSSR count). The summed E-state index contributed by atoms with van der Waals surface area (Å²) in [5.41, 5.74) is 1.22. The van der Waals surface area contributed by atoms with Gasteiger partial charge in [-0.3, -0.25) is 9.59 Å². The van der Waals surface area contributed by atoms with Crippen LogP contribution in [0.25, 0.3) is 11.5 Å². The average molecular weight is 384 g/mol. The maximum Gasteiger partial charge on any atom is 0.437 e. The lowest BCUT2D eigenvalue weighted by Crippen LogP contribution is -2.26. The number of halogens is 1. The van der Waals surface area contributed by atoms with Crippen molar-refractivity contribution in [1.82, 2.24) is 15.1 Å². The van der Waals surface area contributed by atoms with Crippen LogP contribution in [-0.4, -0.2) is 28.1 Å². The fourth-order valence-corrected chi connectivity index (χ4v) is 2.45. The first kappa shape index (κ1) is 19.0. The SMILES string of the molecule is CCNC(=O)c1cccc(NC(=O)Cn2nc(-c3ccc(F)cc3)oc2=O)c1. The molecule has 8 nitrogen and oxygen atoms in total. The van der Waals surface area contributed by atoms with E-state index in [-0.39, 0.29) is 18.3 Å². The Balaban J connectivity index is 1.70. The summed E-state index contributed by atoms with van der Waals surface area (Å²) < 4.78 is 18.9. The second-order valence-electron chi connectivity index (χ2n) is 5.83. The van der Waals surface area contributed by atoms with Crippen molar-refractivity contribution in [1.29, 1.82) is 0 Å². The highest BCUT2D eigenvalue weighted by Gasteiger charge is 2.14. The van der Waals surface area contributed by atoms with Crippen LogP contribution in [0.3, 0.4) is 0 Å². The zero-order chi connectivity index (χ0) is 20.1. The molecular formula is C19H17FN4O4. The fraction of sp³-hybridized carbons (Fsp3) is 0.158. The quantitative estimate of drug-likeness (QED) is 0.676. The Morgan fingerprint density at radius 2 is 1.93 bits per heavy atom. The van der Waals surface area contributed by atoms with Crippen molar-refractivity contribution in [2.75, 3.05) is 11.9 Å². The Morgan fingerprint density at radius 3 is 2.64 bits per heavy atom. The minimum Gasteiger partial charge on any atom is -0.388 e. The van der Waals surface area contributed by atoms with Gasteiger partial charge in [-0.15, -0.1) is 5.10 Å². The first-order chi connectivity index (χ1) is 13.5. The molecule has 0 aliphatic rings. The number of carbonyl (C=O) groups excluding carboxylic acids is 2. The van der Waals surface area contributed by atoms with Crippen LogP contribution in [-0.2, 0) is 11.3 Å². The molecule has 0 atom stereocenters. The predicted molar refractivity (Wildman–Crippen MR) is 99.2 cm³/mol. The van der Waals surface area contributed by atoms with Gasteiger partial charge in [0.05, 0.1) is 0 Å². The number of nitrogens with zero attached hydrogens (tertiary/aromatic N) is 2. The molecule has 0 aliphatic heterocycles. The maximum atomic E-state index is 13.0. The van der Waals surface area contributed by atoms with Gasteiger partial charge in [-0.2, -0.15) is 4.68 Å². The number of anilines is 1. The van der Waals surface area contributed by atoms with Crippen molar-refractivity contribution in [2.24, 2.45) is 0 Å². The molecule has 0 unspecified atom stereocenters. The van der Waals surface area contributed by atoms with E-state index in [0.717, 1.165) is 4.68 Å². The molecule has 0 saturated carbocycles. The smallest absolute Gasteiger partial charge is 0.388 e. The van der Waals surface area contributed by atoms with Crippen LogP contribution in [0.15, 0.2) is 57.7 Å². The van der Waals surface area contributed by atoms with Gasteiger partial charge in [-0.1, -0.05) is 6.07 Å². The van der Waals surface area contributed by atoms with Gasteiger partial charge in [0.1, 0.15) is 12.4 Å². The van der Waals surface area contributed by atoms with E-state index in [1.807, 2.05) is 0 Å². The number of rotatable bonds is 6. The average Bonchev–Trinajstić information content (AvgIpc) is 3.03. The number of hydrogen-bond acceptors (Lipinski definition) is 5. The number of benzene rings is 2. The summed E-state index contributed by atoms with van der Waals surface area (Å²) in [7, 11) is 0. The van der Waals surface area contributed by atoms with Gasteiger partial charge in [0.25, 0.3) is 5.91 Å². The monoisotopic (exact) mass is 384 g/mol. The minimum absolute atomic E-state index is 0.0176. The van der Waals surface area contributed by atoms with Crippen LogP contribution < -0.4 is 16.4 Å². The molecule has 0 bridgehead atoms. The van der Waals surface area contributed by atoms with Gasteiger partial charge >= 0.3 is 5.76 Å². The van der Waals surface area contributed by atoms with Crippen LogP contribution in [0.1, 0.15) is 17.3 Å². The molecule has 3 aromatic rings. The molecule has 9 heteroatoms. The Labute approximate surface area is 159 Å². The summed E-state index contributed by atoms with van der Waals surface area (Å²) in [5, 5.41) is 9.22. The Bertz CT molecular complexity index is 1060. The summed E-state index contributed by atoms with van der Waals surface area (Å²) in [6.45, 7) is 1.91. The predicted octanol–water partition coefficient (Wildman–Crippen LogP) is 2.03. The largest absolute Gasteiger partial charge is 0.437 e. The van der Waals surface area contributed by atoms with Crippen molar-refractivity contribution in [3.8, 4) is 11.5 Å². The summed E-state index contributed by atoms with van der Waals surface area (Å²) >= 11 is 0. The molecule has 2 amide bonds. The van der Waals surface area contributed by atoms with E-state index in [4.69, 9.17) is 4.42 Å². The molecular weight excluding hydrogens is 367 g/mol. The van der Waals surface area contributed by atoms with Crippen LogP contribution in [0, 0.1) is 5.82 Å². The first-order valence-corrected chi connectivity index (χ1v) is 8.48. The molecule has 2 aromatic carbocycles. The third-order valence-corrected chi connectivity index (χ3v) is 3.74. The summed E-state index contributed by atoms with van der Waals surface area (Å²) in [6, 6.07) is 11.7. The van der Waals surface area contributed by atoms with E-state index in [2.05, 4.69) is 15.7 Å². The highest BCUT2D eigenvalue weighted by atomic mass is 19.1. The molecule has 144 valence electrons. The number of hydrogen-bond donors (Lipinski definition) is 2. The van der Waals surface area contributed by atoms with E-state index in [0.29, 0.717) is 23.4 Å². The van der Waals surface area contributed by atoms with Gasteiger partial charge < -0.3 is 15.1 Å². The lowest BCUT2D eigenvalue weighted by Gasteiger charge is -2.07. The van der Waals surface area contributed by atoms with E-state index in [1.54, 1.807) is 25.1 Å². The normalized spacial score (nSPS) is 10.5. The number of amides is 2. The second kappa shape index (κ2) is 8.30.